The Bertz CT molecular complexity index is 686. The Hall–Kier alpha value is -2.42. The van der Waals surface area contributed by atoms with Crippen molar-refractivity contribution in [1.82, 2.24) is 0 Å². The van der Waals surface area contributed by atoms with E-state index in [1.165, 1.54) is 5.56 Å². The first-order valence-electron chi connectivity index (χ1n) is 9.17. The van der Waals surface area contributed by atoms with Crippen molar-refractivity contribution in [3.8, 4) is 0 Å². The maximum Gasteiger partial charge on any atom is 0.248 e. The minimum Gasteiger partial charge on any atom is -0.323 e. The van der Waals surface area contributed by atoms with Crippen LogP contribution in [0.25, 0.3) is 0 Å². The van der Waals surface area contributed by atoms with E-state index in [2.05, 4.69) is 49.3 Å². The van der Waals surface area contributed by atoms with Crippen molar-refractivity contribution in [3.05, 3.63) is 65.9 Å². The summed E-state index contributed by atoms with van der Waals surface area (Å²) in [6, 6.07) is 8.01. The molecule has 0 aromatic heterocycles. The lowest BCUT2D eigenvalue weighted by Gasteiger charge is -2.19. The summed E-state index contributed by atoms with van der Waals surface area (Å²) < 4.78 is 0. The van der Waals surface area contributed by atoms with Crippen molar-refractivity contribution in [2.24, 2.45) is 10.9 Å². The number of carbonyl (C=O) groups is 1. The molecule has 3 heteroatoms. The van der Waals surface area contributed by atoms with Gasteiger partial charge in [0.1, 0.15) is 0 Å². The topological polar surface area (TPSA) is 41.5 Å². The highest BCUT2D eigenvalue weighted by Crippen LogP contribution is 2.23. The first kappa shape index (κ1) is 21.6. The Morgan fingerprint density at radius 1 is 1.15 bits per heavy atom. The molecule has 0 saturated heterocycles. The number of benzene rings is 1. The van der Waals surface area contributed by atoms with E-state index < -0.39 is 0 Å². The lowest BCUT2D eigenvalue weighted by molar-refractivity contribution is -0.111. The number of aliphatic imine (C=N–C) groups is 1. The van der Waals surface area contributed by atoms with E-state index in [9.17, 15) is 4.79 Å². The Labute approximate surface area is 158 Å². The Balaban J connectivity index is 2.68. The van der Waals surface area contributed by atoms with Crippen molar-refractivity contribution >= 4 is 17.8 Å². The molecule has 1 atom stereocenters. The van der Waals surface area contributed by atoms with Crippen LogP contribution in [0.2, 0.25) is 0 Å². The van der Waals surface area contributed by atoms with Crippen LogP contribution < -0.4 is 5.32 Å². The lowest BCUT2D eigenvalue weighted by atomic mass is 9.87. The maximum atomic E-state index is 12.1. The second kappa shape index (κ2) is 10.5. The lowest BCUT2D eigenvalue weighted by Crippen LogP contribution is -2.12. The molecule has 0 heterocycles. The number of hydrogen-bond donors (Lipinski definition) is 1. The van der Waals surface area contributed by atoms with Gasteiger partial charge in [-0.3, -0.25) is 9.79 Å². The van der Waals surface area contributed by atoms with E-state index in [0.29, 0.717) is 0 Å². The van der Waals surface area contributed by atoms with Crippen molar-refractivity contribution in [2.45, 2.75) is 53.4 Å². The standard InChI is InChI=1S/C23H32N2O/c1-7-11-18(21(8-2)24-9-3)12-10-13-22(26)25-20-16-14-19(15-17-20)23(4,5)6/h7-11,13-18H,12H2,1-6H3,(H,25,26)/b11-7-,13-10+,21-8-,24-9?. The van der Waals surface area contributed by atoms with E-state index in [0.717, 1.165) is 17.8 Å². The predicted octanol–water partition coefficient (Wildman–Crippen LogP) is 6.06. The molecule has 0 spiro atoms. The van der Waals surface area contributed by atoms with Crippen LogP contribution >= 0.6 is 0 Å². The smallest absolute Gasteiger partial charge is 0.248 e. The van der Waals surface area contributed by atoms with Gasteiger partial charge in [-0.2, -0.15) is 0 Å². The van der Waals surface area contributed by atoms with Gasteiger partial charge in [-0.25, -0.2) is 0 Å². The van der Waals surface area contributed by atoms with Gasteiger partial charge in [-0.1, -0.05) is 57.2 Å². The number of nitrogens with one attached hydrogen (secondary N) is 1. The number of amides is 1. The normalized spacial score (nSPS) is 14.5. The van der Waals surface area contributed by atoms with Gasteiger partial charge in [-0.15, -0.1) is 0 Å². The van der Waals surface area contributed by atoms with Crippen LogP contribution in [0.1, 0.15) is 53.5 Å². The van der Waals surface area contributed by atoms with Crippen LogP contribution in [0.5, 0.6) is 0 Å². The molecule has 0 fully saturated rings. The molecule has 1 amide bonds. The summed E-state index contributed by atoms with van der Waals surface area (Å²) in [4.78, 5) is 16.5. The van der Waals surface area contributed by atoms with Gasteiger partial charge < -0.3 is 5.32 Å². The molecule has 140 valence electrons. The largest absolute Gasteiger partial charge is 0.323 e. The summed E-state index contributed by atoms with van der Waals surface area (Å²) in [5, 5.41) is 2.91. The third kappa shape index (κ3) is 7.22. The van der Waals surface area contributed by atoms with E-state index in [-0.39, 0.29) is 17.2 Å². The first-order valence-corrected chi connectivity index (χ1v) is 9.17. The fourth-order valence-electron chi connectivity index (χ4n) is 2.62. The Morgan fingerprint density at radius 3 is 2.31 bits per heavy atom. The average Bonchev–Trinajstić information content (AvgIpc) is 2.58. The maximum absolute atomic E-state index is 12.1. The Kier molecular flexibility index (Phi) is 8.77. The van der Waals surface area contributed by atoms with Crippen LogP contribution in [0.3, 0.4) is 0 Å². The van der Waals surface area contributed by atoms with Crippen molar-refractivity contribution < 1.29 is 4.79 Å². The predicted molar refractivity (Wildman–Crippen MR) is 114 cm³/mol. The molecule has 1 N–H and O–H groups in total. The van der Waals surface area contributed by atoms with Crippen LogP contribution in [-0.4, -0.2) is 12.1 Å². The number of nitrogens with zero attached hydrogens (tertiary/aromatic N) is 1. The highest BCUT2D eigenvalue weighted by molar-refractivity contribution is 5.99. The fourth-order valence-corrected chi connectivity index (χ4v) is 2.62. The summed E-state index contributed by atoms with van der Waals surface area (Å²) in [5.41, 5.74) is 3.17. The van der Waals surface area contributed by atoms with Gasteiger partial charge in [0.15, 0.2) is 0 Å². The third-order valence-electron chi connectivity index (χ3n) is 4.06. The molecule has 1 aromatic carbocycles. The van der Waals surface area contributed by atoms with Gasteiger partial charge >= 0.3 is 0 Å². The molecule has 0 bridgehead atoms. The van der Waals surface area contributed by atoms with Gasteiger partial charge in [-0.05, 0) is 56.4 Å². The molecule has 1 unspecified atom stereocenters. The van der Waals surface area contributed by atoms with Crippen LogP contribution in [0.4, 0.5) is 5.69 Å². The molecule has 0 aliphatic rings. The van der Waals surface area contributed by atoms with Gasteiger partial charge in [0.05, 0.1) is 0 Å². The molecular weight excluding hydrogens is 320 g/mol. The van der Waals surface area contributed by atoms with Gasteiger partial charge in [0, 0.05) is 23.5 Å². The van der Waals surface area contributed by atoms with Crippen LogP contribution in [0.15, 0.2) is 65.3 Å². The number of rotatable bonds is 7. The van der Waals surface area contributed by atoms with E-state index in [1.54, 1.807) is 12.3 Å². The van der Waals surface area contributed by atoms with Gasteiger partial charge in [0.2, 0.25) is 5.91 Å². The highest BCUT2D eigenvalue weighted by Gasteiger charge is 2.13. The van der Waals surface area contributed by atoms with Crippen molar-refractivity contribution in [2.75, 3.05) is 5.32 Å². The molecule has 26 heavy (non-hydrogen) atoms. The zero-order valence-electron chi connectivity index (χ0n) is 16.9. The van der Waals surface area contributed by atoms with Crippen molar-refractivity contribution in [1.29, 1.82) is 0 Å². The average molecular weight is 353 g/mol. The molecule has 0 saturated carbocycles. The minimum absolute atomic E-state index is 0.107. The molecule has 0 aliphatic heterocycles. The van der Waals surface area contributed by atoms with Crippen molar-refractivity contribution in [3.63, 3.8) is 0 Å². The monoisotopic (exact) mass is 352 g/mol. The fraction of sp³-hybridized carbons (Fsp3) is 0.391. The zero-order chi connectivity index (χ0) is 19.6. The quantitative estimate of drug-likeness (QED) is 0.362. The summed E-state index contributed by atoms with van der Waals surface area (Å²) in [6.45, 7) is 12.4. The minimum atomic E-state index is -0.117. The van der Waals surface area contributed by atoms with E-state index >= 15 is 0 Å². The van der Waals surface area contributed by atoms with Crippen LogP contribution in [-0.2, 0) is 10.2 Å². The summed E-state index contributed by atoms with van der Waals surface area (Å²) >= 11 is 0. The number of carbonyl (C=O) groups excluding carboxylic acids is 1. The molecular formula is C23H32N2O. The third-order valence-corrected chi connectivity index (χ3v) is 4.06. The summed E-state index contributed by atoms with van der Waals surface area (Å²) in [6.07, 6.45) is 12.2. The Morgan fingerprint density at radius 2 is 1.81 bits per heavy atom. The first-order chi connectivity index (χ1) is 12.3. The number of hydrogen-bond acceptors (Lipinski definition) is 2. The number of anilines is 1. The van der Waals surface area contributed by atoms with Gasteiger partial charge in [0.25, 0.3) is 0 Å². The second-order valence-corrected chi connectivity index (χ2v) is 7.19. The molecule has 3 nitrogen and oxygen atoms in total. The summed E-state index contributed by atoms with van der Waals surface area (Å²) in [7, 11) is 0. The SMILES string of the molecule is CC=N/C(=C\C)C(/C=C\C)C/C=C/C(=O)Nc1ccc(C(C)(C)C)cc1. The second-order valence-electron chi connectivity index (χ2n) is 7.19. The van der Waals surface area contributed by atoms with E-state index in [1.807, 2.05) is 51.1 Å². The summed E-state index contributed by atoms with van der Waals surface area (Å²) in [5.74, 6) is 0.0603. The molecule has 1 aromatic rings. The highest BCUT2D eigenvalue weighted by atomic mass is 16.1. The van der Waals surface area contributed by atoms with E-state index in [4.69, 9.17) is 0 Å². The molecule has 1 rings (SSSR count). The molecule has 0 aliphatic carbocycles. The number of allylic oxidation sites excluding steroid dienone is 4. The van der Waals surface area contributed by atoms with Crippen LogP contribution in [0, 0.1) is 5.92 Å². The zero-order valence-corrected chi connectivity index (χ0v) is 16.9. The molecule has 0 radical (unpaired) electrons.